The number of nitrogens with zero attached hydrogens (tertiary/aromatic N) is 2. The second kappa shape index (κ2) is 7.78. The van der Waals surface area contributed by atoms with Crippen molar-refractivity contribution in [3.05, 3.63) is 41.0 Å². The molecule has 1 unspecified atom stereocenters. The van der Waals surface area contributed by atoms with Gasteiger partial charge in [0, 0.05) is 40.6 Å². The number of primary amides is 1. The first-order valence-corrected chi connectivity index (χ1v) is 10.1. The lowest BCUT2D eigenvalue weighted by molar-refractivity contribution is 0.100. The van der Waals surface area contributed by atoms with E-state index in [1.165, 1.54) is 0 Å². The van der Waals surface area contributed by atoms with E-state index >= 15 is 0 Å². The average Bonchev–Trinajstić information content (AvgIpc) is 3.34. The normalized spacial score (nSPS) is 23.0. The highest BCUT2D eigenvalue weighted by Crippen LogP contribution is 2.37. The lowest BCUT2D eigenvalue weighted by Crippen LogP contribution is -2.46. The molecule has 0 saturated heterocycles. The second-order valence-electron chi connectivity index (χ2n) is 7.97. The molecule has 2 aliphatic carbocycles. The van der Waals surface area contributed by atoms with Crippen LogP contribution in [0.5, 0.6) is 0 Å². The van der Waals surface area contributed by atoms with E-state index in [1.54, 1.807) is 35.1 Å². The second-order valence-corrected chi connectivity index (χ2v) is 8.41. The first kappa shape index (κ1) is 19.9. The van der Waals surface area contributed by atoms with Crippen LogP contribution in [0.1, 0.15) is 48.5 Å². The fourth-order valence-electron chi connectivity index (χ4n) is 3.88. The lowest BCUT2D eigenvalue weighted by atomic mass is 9.89. The number of aliphatic hydroxyl groups excluding tert-OH is 1. The highest BCUT2D eigenvalue weighted by atomic mass is 35.5. The minimum absolute atomic E-state index is 0.140. The third kappa shape index (κ3) is 4.29. The SMILES string of the molecule is N=C1C[C@@H](NC2(CO)CC2)CCC1n1cc(C(N)=O)c(Nc2ccc(Cl)cc2)n1. The van der Waals surface area contributed by atoms with Crippen molar-refractivity contribution in [2.75, 3.05) is 11.9 Å². The fourth-order valence-corrected chi connectivity index (χ4v) is 4.00. The van der Waals surface area contributed by atoms with Crippen molar-refractivity contribution >= 4 is 34.7 Å². The van der Waals surface area contributed by atoms with E-state index in [9.17, 15) is 9.90 Å². The minimum atomic E-state index is -0.576. The molecule has 1 aromatic heterocycles. The number of carbonyl (C=O) groups is 1. The van der Waals surface area contributed by atoms with Gasteiger partial charge in [-0.1, -0.05) is 11.6 Å². The highest BCUT2D eigenvalue weighted by Gasteiger charge is 2.44. The largest absolute Gasteiger partial charge is 0.394 e. The summed E-state index contributed by atoms with van der Waals surface area (Å²) < 4.78 is 1.66. The molecule has 1 heterocycles. The Morgan fingerprint density at radius 1 is 1.34 bits per heavy atom. The summed E-state index contributed by atoms with van der Waals surface area (Å²) >= 11 is 5.92. The van der Waals surface area contributed by atoms with Crippen molar-refractivity contribution in [2.24, 2.45) is 5.73 Å². The third-order valence-corrected chi connectivity index (χ3v) is 6.00. The molecule has 2 aliphatic rings. The Morgan fingerprint density at radius 3 is 2.66 bits per heavy atom. The molecule has 29 heavy (non-hydrogen) atoms. The summed E-state index contributed by atoms with van der Waals surface area (Å²) in [5.74, 6) is -0.210. The molecule has 0 radical (unpaired) electrons. The van der Waals surface area contributed by atoms with Crippen LogP contribution in [0.15, 0.2) is 30.5 Å². The topological polar surface area (TPSA) is 129 Å². The van der Waals surface area contributed by atoms with E-state index in [1.807, 2.05) is 0 Å². The molecular formula is C20H25ClN6O2. The van der Waals surface area contributed by atoms with E-state index in [0.29, 0.717) is 23.0 Å². The number of nitrogens with one attached hydrogen (secondary N) is 3. The number of amides is 1. The smallest absolute Gasteiger partial charge is 0.254 e. The Labute approximate surface area is 173 Å². The van der Waals surface area contributed by atoms with E-state index in [0.717, 1.165) is 31.4 Å². The van der Waals surface area contributed by atoms with Gasteiger partial charge in [-0.25, -0.2) is 0 Å². The summed E-state index contributed by atoms with van der Waals surface area (Å²) in [6.45, 7) is 0.140. The Hall–Kier alpha value is -2.42. The number of nitrogens with two attached hydrogens (primary N) is 1. The van der Waals surface area contributed by atoms with Gasteiger partial charge in [0.25, 0.3) is 5.91 Å². The maximum atomic E-state index is 11.9. The van der Waals surface area contributed by atoms with Gasteiger partial charge in [0.05, 0.1) is 12.6 Å². The van der Waals surface area contributed by atoms with Crippen LogP contribution in [0.2, 0.25) is 5.02 Å². The molecule has 8 nitrogen and oxygen atoms in total. The number of aliphatic hydroxyl groups is 1. The van der Waals surface area contributed by atoms with Gasteiger partial charge in [-0.2, -0.15) is 5.10 Å². The van der Waals surface area contributed by atoms with Crippen LogP contribution in [0.3, 0.4) is 0 Å². The van der Waals surface area contributed by atoms with Crippen LogP contribution < -0.4 is 16.4 Å². The quantitative estimate of drug-likeness (QED) is 0.473. The summed E-state index contributed by atoms with van der Waals surface area (Å²) in [5.41, 5.74) is 6.98. The van der Waals surface area contributed by atoms with Crippen molar-refractivity contribution < 1.29 is 9.90 Å². The van der Waals surface area contributed by atoms with Gasteiger partial charge in [0.15, 0.2) is 5.82 Å². The van der Waals surface area contributed by atoms with Crippen molar-refractivity contribution in [1.29, 1.82) is 5.41 Å². The first-order valence-electron chi connectivity index (χ1n) is 9.76. The zero-order chi connectivity index (χ0) is 20.6. The average molecular weight is 417 g/mol. The Bertz CT molecular complexity index is 922. The Morgan fingerprint density at radius 2 is 2.07 bits per heavy atom. The first-order chi connectivity index (χ1) is 13.9. The van der Waals surface area contributed by atoms with Crippen LogP contribution in [0.4, 0.5) is 11.5 Å². The molecule has 6 N–H and O–H groups in total. The van der Waals surface area contributed by atoms with Crippen molar-refractivity contribution in [3.8, 4) is 0 Å². The van der Waals surface area contributed by atoms with Gasteiger partial charge in [0.2, 0.25) is 0 Å². The summed E-state index contributed by atoms with van der Waals surface area (Å²) in [4.78, 5) is 11.9. The monoisotopic (exact) mass is 416 g/mol. The minimum Gasteiger partial charge on any atom is -0.394 e. The van der Waals surface area contributed by atoms with Gasteiger partial charge in [-0.3, -0.25) is 9.48 Å². The molecule has 1 aromatic carbocycles. The van der Waals surface area contributed by atoms with E-state index in [-0.39, 0.29) is 29.8 Å². The van der Waals surface area contributed by atoms with Crippen LogP contribution in [-0.2, 0) is 0 Å². The zero-order valence-corrected chi connectivity index (χ0v) is 16.7. The molecule has 2 saturated carbocycles. The van der Waals surface area contributed by atoms with Crippen LogP contribution in [0.25, 0.3) is 0 Å². The number of hydrogen-bond donors (Lipinski definition) is 5. The van der Waals surface area contributed by atoms with Gasteiger partial charge in [-0.15, -0.1) is 0 Å². The predicted octanol–water partition coefficient (Wildman–Crippen LogP) is 2.61. The maximum Gasteiger partial charge on any atom is 0.254 e. The standard InChI is InChI=1S/C20H25ClN6O2/c21-12-1-3-13(4-2-12)24-19-15(18(23)29)10-27(26-19)17-6-5-14(9-16(17)22)25-20(11-28)7-8-20/h1-4,10,14,17,22,25,28H,5-9,11H2,(H2,23,29)(H,24,26)/t14-,17?/m0/s1. The van der Waals surface area contributed by atoms with Crippen molar-refractivity contribution in [2.45, 2.75) is 49.7 Å². The summed E-state index contributed by atoms with van der Waals surface area (Å²) in [7, 11) is 0. The Kier molecular flexibility index (Phi) is 5.33. The number of anilines is 2. The van der Waals surface area contributed by atoms with Crippen molar-refractivity contribution in [1.82, 2.24) is 15.1 Å². The van der Waals surface area contributed by atoms with Crippen LogP contribution in [-0.4, -0.2) is 44.7 Å². The molecular weight excluding hydrogens is 392 g/mol. The van der Waals surface area contributed by atoms with E-state index in [2.05, 4.69) is 15.7 Å². The maximum absolute atomic E-state index is 11.9. The molecule has 1 amide bonds. The molecule has 0 bridgehead atoms. The van der Waals surface area contributed by atoms with E-state index in [4.69, 9.17) is 22.7 Å². The lowest BCUT2D eigenvalue weighted by Gasteiger charge is -2.32. The molecule has 2 aromatic rings. The predicted molar refractivity (Wildman–Crippen MR) is 112 cm³/mol. The third-order valence-electron chi connectivity index (χ3n) is 5.75. The van der Waals surface area contributed by atoms with Crippen LogP contribution in [0, 0.1) is 5.41 Å². The molecule has 0 aliphatic heterocycles. The number of halogens is 1. The summed E-state index contributed by atoms with van der Waals surface area (Å²) in [6, 6.07) is 7.05. The number of aromatic nitrogens is 2. The molecule has 4 rings (SSSR count). The number of carbonyl (C=O) groups excluding carboxylic acids is 1. The van der Waals surface area contributed by atoms with Gasteiger partial charge >= 0.3 is 0 Å². The number of rotatable bonds is 7. The molecule has 2 atom stereocenters. The van der Waals surface area contributed by atoms with E-state index < -0.39 is 5.91 Å². The molecule has 0 spiro atoms. The molecule has 154 valence electrons. The zero-order valence-electron chi connectivity index (χ0n) is 16.0. The van der Waals surface area contributed by atoms with Gasteiger partial charge in [0.1, 0.15) is 5.56 Å². The van der Waals surface area contributed by atoms with Crippen molar-refractivity contribution in [3.63, 3.8) is 0 Å². The molecule has 2 fully saturated rings. The highest BCUT2D eigenvalue weighted by molar-refractivity contribution is 6.30. The Balaban J connectivity index is 1.49. The van der Waals surface area contributed by atoms with Gasteiger partial charge in [-0.05, 0) is 49.9 Å². The van der Waals surface area contributed by atoms with Crippen LogP contribution >= 0.6 is 11.6 Å². The van der Waals surface area contributed by atoms with Gasteiger partial charge < -0.3 is 26.9 Å². The summed E-state index contributed by atoms with van der Waals surface area (Å²) in [6.07, 6.45) is 5.79. The fraction of sp³-hybridized carbons (Fsp3) is 0.450. The number of benzene rings is 1. The number of hydrogen-bond acceptors (Lipinski definition) is 6. The summed E-state index contributed by atoms with van der Waals surface area (Å²) in [5, 5.41) is 29.8. The molecule has 9 heteroatoms.